The summed E-state index contributed by atoms with van der Waals surface area (Å²) in [6, 6.07) is 3.43. The molecule has 138 valence electrons. The Kier molecular flexibility index (Phi) is 4.73. The van der Waals surface area contributed by atoms with E-state index >= 15 is 0 Å². The largest absolute Gasteiger partial charge is 0.480 e. The Bertz CT molecular complexity index is 774. The van der Waals surface area contributed by atoms with Crippen molar-refractivity contribution in [1.82, 2.24) is 20.3 Å². The number of ether oxygens (including phenoxy) is 2. The summed E-state index contributed by atoms with van der Waals surface area (Å²) in [5, 5.41) is 12.0. The summed E-state index contributed by atoms with van der Waals surface area (Å²) in [4.78, 5) is 14.7. The van der Waals surface area contributed by atoms with Crippen molar-refractivity contribution in [2.24, 2.45) is 0 Å². The number of hydrogen-bond donors (Lipinski definition) is 0. The number of aryl methyl sites for hydroxylation is 1. The molecule has 0 radical (unpaired) electrons. The Labute approximate surface area is 151 Å². The quantitative estimate of drug-likeness (QED) is 0.826. The molecule has 1 atom stereocenters. The summed E-state index contributed by atoms with van der Waals surface area (Å²) in [7, 11) is 1.54. The Hall–Kier alpha value is -2.64. The van der Waals surface area contributed by atoms with Crippen LogP contribution in [0.5, 0.6) is 11.8 Å². The lowest BCUT2D eigenvalue weighted by molar-refractivity contribution is 0.0515. The predicted octanol–water partition coefficient (Wildman–Crippen LogP) is 2.04. The fourth-order valence-electron chi connectivity index (χ4n) is 3.57. The van der Waals surface area contributed by atoms with Crippen LogP contribution in [-0.4, -0.2) is 52.5 Å². The van der Waals surface area contributed by atoms with Crippen LogP contribution in [0.15, 0.2) is 16.7 Å². The predicted molar refractivity (Wildman–Crippen MR) is 91.3 cm³/mol. The number of rotatable bonds is 4. The van der Waals surface area contributed by atoms with Crippen molar-refractivity contribution >= 4 is 5.91 Å². The molecule has 1 fully saturated rings. The van der Waals surface area contributed by atoms with Gasteiger partial charge in [-0.2, -0.15) is 0 Å². The van der Waals surface area contributed by atoms with Crippen LogP contribution in [0, 0.1) is 0 Å². The summed E-state index contributed by atoms with van der Waals surface area (Å²) in [6.07, 6.45) is 5.55. The number of amides is 1. The molecule has 1 aliphatic heterocycles. The fourth-order valence-corrected chi connectivity index (χ4v) is 3.57. The molecule has 1 aliphatic carbocycles. The first-order valence-corrected chi connectivity index (χ1v) is 9.05. The van der Waals surface area contributed by atoms with Gasteiger partial charge in [-0.15, -0.1) is 10.2 Å². The smallest absolute Gasteiger partial charge is 0.276 e. The Morgan fingerprint density at radius 2 is 2.00 bits per heavy atom. The highest BCUT2D eigenvalue weighted by Gasteiger charge is 2.31. The van der Waals surface area contributed by atoms with Crippen LogP contribution < -0.4 is 9.47 Å². The van der Waals surface area contributed by atoms with Crippen LogP contribution in [0.4, 0.5) is 0 Å². The van der Waals surface area contributed by atoms with Gasteiger partial charge in [0.05, 0.1) is 13.7 Å². The van der Waals surface area contributed by atoms with Crippen molar-refractivity contribution < 1.29 is 18.8 Å². The van der Waals surface area contributed by atoms with E-state index < -0.39 is 0 Å². The molecular weight excluding hydrogens is 336 g/mol. The van der Waals surface area contributed by atoms with E-state index in [1.807, 2.05) is 0 Å². The summed E-state index contributed by atoms with van der Waals surface area (Å²) >= 11 is 0. The first-order chi connectivity index (χ1) is 12.7. The maximum absolute atomic E-state index is 12.9. The molecule has 1 unspecified atom stereocenters. The monoisotopic (exact) mass is 358 g/mol. The second-order valence-electron chi connectivity index (χ2n) is 6.69. The highest BCUT2D eigenvalue weighted by molar-refractivity contribution is 5.94. The van der Waals surface area contributed by atoms with Gasteiger partial charge in [0.2, 0.25) is 11.8 Å². The lowest BCUT2D eigenvalue weighted by Gasteiger charge is -2.32. The van der Waals surface area contributed by atoms with Crippen LogP contribution in [-0.2, 0) is 12.8 Å². The van der Waals surface area contributed by atoms with Gasteiger partial charge in [0.1, 0.15) is 11.9 Å². The molecule has 2 aromatic heterocycles. The van der Waals surface area contributed by atoms with Crippen LogP contribution >= 0.6 is 0 Å². The summed E-state index contributed by atoms with van der Waals surface area (Å²) < 4.78 is 16.3. The lowest BCUT2D eigenvalue weighted by Crippen LogP contribution is -2.44. The number of likely N-dealkylation sites (tertiary alicyclic amines) is 1. The first-order valence-electron chi connectivity index (χ1n) is 9.05. The molecule has 8 nitrogen and oxygen atoms in total. The number of methoxy groups -OCH3 is 1. The maximum atomic E-state index is 12.9. The minimum Gasteiger partial charge on any atom is -0.480 e. The second-order valence-corrected chi connectivity index (χ2v) is 6.69. The second kappa shape index (κ2) is 7.31. The van der Waals surface area contributed by atoms with Gasteiger partial charge in [-0.3, -0.25) is 4.79 Å². The Balaban J connectivity index is 1.42. The minimum absolute atomic E-state index is 0.0639. The van der Waals surface area contributed by atoms with Crippen molar-refractivity contribution in [3.8, 4) is 11.8 Å². The normalized spacial score (nSPS) is 19.7. The summed E-state index contributed by atoms with van der Waals surface area (Å²) in [5.74, 6) is 1.68. The van der Waals surface area contributed by atoms with Crippen LogP contribution in [0.25, 0.3) is 0 Å². The van der Waals surface area contributed by atoms with Crippen LogP contribution in [0.3, 0.4) is 0 Å². The van der Waals surface area contributed by atoms with E-state index in [1.54, 1.807) is 17.0 Å². The molecule has 0 saturated carbocycles. The molecule has 1 saturated heterocycles. The van der Waals surface area contributed by atoms with E-state index in [4.69, 9.17) is 14.0 Å². The van der Waals surface area contributed by atoms with Gasteiger partial charge in [0.25, 0.3) is 5.91 Å². The fraction of sp³-hybridized carbons (Fsp3) is 0.556. The molecule has 0 spiro atoms. The van der Waals surface area contributed by atoms with E-state index in [0.29, 0.717) is 30.5 Å². The number of nitrogens with zero attached hydrogens (tertiary/aromatic N) is 4. The van der Waals surface area contributed by atoms with E-state index in [9.17, 15) is 4.79 Å². The molecular formula is C18H22N4O4. The first kappa shape index (κ1) is 16.8. The van der Waals surface area contributed by atoms with Gasteiger partial charge in [-0.05, 0) is 32.1 Å². The number of carbonyl (C=O) groups is 1. The molecule has 2 aromatic rings. The highest BCUT2D eigenvalue weighted by atomic mass is 16.5. The van der Waals surface area contributed by atoms with E-state index in [0.717, 1.165) is 49.8 Å². The van der Waals surface area contributed by atoms with E-state index in [-0.39, 0.29) is 12.0 Å². The Morgan fingerprint density at radius 1 is 1.19 bits per heavy atom. The summed E-state index contributed by atoms with van der Waals surface area (Å²) in [6.45, 7) is 1.21. The molecule has 0 aromatic carbocycles. The number of carbonyl (C=O) groups excluding carboxylic acids is 1. The molecule has 2 aliphatic rings. The van der Waals surface area contributed by atoms with Crippen molar-refractivity contribution in [1.29, 1.82) is 0 Å². The average molecular weight is 358 g/mol. The van der Waals surface area contributed by atoms with Crippen molar-refractivity contribution in [2.75, 3.05) is 20.2 Å². The molecule has 1 amide bonds. The average Bonchev–Trinajstić information content (AvgIpc) is 3.12. The number of hydrogen-bond acceptors (Lipinski definition) is 7. The van der Waals surface area contributed by atoms with Crippen molar-refractivity contribution in [3.05, 3.63) is 29.2 Å². The number of piperidine rings is 1. The molecule has 0 bridgehead atoms. The van der Waals surface area contributed by atoms with Gasteiger partial charge in [0, 0.05) is 30.7 Å². The third kappa shape index (κ3) is 3.36. The number of aromatic nitrogens is 3. The van der Waals surface area contributed by atoms with E-state index in [2.05, 4.69) is 15.4 Å². The molecule has 8 heteroatoms. The van der Waals surface area contributed by atoms with Crippen LogP contribution in [0.2, 0.25) is 0 Å². The van der Waals surface area contributed by atoms with Gasteiger partial charge in [-0.25, -0.2) is 0 Å². The lowest BCUT2D eigenvalue weighted by atomic mass is 9.96. The zero-order chi connectivity index (χ0) is 17.9. The third-order valence-corrected chi connectivity index (χ3v) is 4.93. The van der Waals surface area contributed by atoms with Gasteiger partial charge in [0.15, 0.2) is 5.69 Å². The maximum Gasteiger partial charge on any atom is 0.276 e. The highest BCUT2D eigenvalue weighted by Crippen LogP contribution is 2.26. The zero-order valence-corrected chi connectivity index (χ0v) is 14.8. The SMILES string of the molecule is COc1ccc(OC2CCCN(C(=O)c3noc4c3CCCC4)C2)nn1. The molecule has 4 rings (SSSR count). The zero-order valence-electron chi connectivity index (χ0n) is 14.8. The topological polar surface area (TPSA) is 90.6 Å². The van der Waals surface area contributed by atoms with Gasteiger partial charge in [-0.1, -0.05) is 5.16 Å². The van der Waals surface area contributed by atoms with Gasteiger partial charge >= 0.3 is 0 Å². The van der Waals surface area contributed by atoms with Crippen molar-refractivity contribution in [3.63, 3.8) is 0 Å². The third-order valence-electron chi connectivity index (χ3n) is 4.93. The summed E-state index contributed by atoms with van der Waals surface area (Å²) in [5.41, 5.74) is 1.47. The van der Waals surface area contributed by atoms with Gasteiger partial charge < -0.3 is 18.9 Å². The minimum atomic E-state index is -0.113. The molecule has 26 heavy (non-hydrogen) atoms. The number of fused-ring (bicyclic) bond motifs is 1. The standard InChI is InChI=1S/C18H22N4O4/c1-24-15-8-9-16(20-19-15)25-12-5-4-10-22(11-12)18(23)17-13-6-2-3-7-14(13)26-21-17/h8-9,12H,2-7,10-11H2,1H3. The molecule has 0 N–H and O–H groups in total. The Morgan fingerprint density at radius 3 is 2.81 bits per heavy atom. The van der Waals surface area contributed by atoms with Crippen LogP contribution in [0.1, 0.15) is 47.5 Å². The van der Waals surface area contributed by atoms with E-state index in [1.165, 1.54) is 7.11 Å². The molecule has 3 heterocycles. The van der Waals surface area contributed by atoms with Crippen molar-refractivity contribution in [2.45, 2.75) is 44.6 Å².